The van der Waals surface area contributed by atoms with E-state index in [1.165, 1.54) is 0 Å². The number of rotatable bonds is 4. The van der Waals surface area contributed by atoms with Gasteiger partial charge in [0.2, 0.25) is 0 Å². The highest BCUT2D eigenvalue weighted by Gasteiger charge is 2.22. The lowest BCUT2D eigenvalue weighted by atomic mass is 10.2. The lowest BCUT2D eigenvalue weighted by Crippen LogP contribution is -2.23. The second-order valence-corrected chi connectivity index (χ2v) is 5.03. The lowest BCUT2D eigenvalue weighted by Gasteiger charge is -2.20. The van der Waals surface area contributed by atoms with Crippen molar-refractivity contribution in [1.29, 1.82) is 0 Å². The molecule has 0 heterocycles. The molecule has 1 saturated carbocycles. The van der Waals surface area contributed by atoms with Gasteiger partial charge >= 0.3 is 0 Å². The minimum absolute atomic E-state index is 0.0601. The highest BCUT2D eigenvalue weighted by Crippen LogP contribution is 2.20. The van der Waals surface area contributed by atoms with Crippen LogP contribution in [-0.2, 0) is 9.47 Å². The van der Waals surface area contributed by atoms with E-state index in [0.29, 0.717) is 25.4 Å². The van der Waals surface area contributed by atoms with E-state index in [-0.39, 0.29) is 5.60 Å². The van der Waals surface area contributed by atoms with Gasteiger partial charge in [0.1, 0.15) is 0 Å². The number of hydrogen-bond acceptors (Lipinski definition) is 3. The topological polar surface area (TPSA) is 44.5 Å². The van der Waals surface area contributed by atoms with Crippen LogP contribution in [0.2, 0.25) is 0 Å². The van der Waals surface area contributed by atoms with E-state index in [2.05, 4.69) is 20.8 Å². The van der Waals surface area contributed by atoms with Gasteiger partial charge in [-0.2, -0.15) is 0 Å². The lowest BCUT2D eigenvalue weighted by molar-refractivity contribution is -0.0503. The first-order valence-corrected chi connectivity index (χ1v) is 5.48. The molecule has 0 aromatic heterocycles. The quantitative estimate of drug-likeness (QED) is 0.704. The minimum Gasteiger partial charge on any atom is -0.376 e. The smallest absolute Gasteiger partial charge is 0.0707 e. The highest BCUT2D eigenvalue weighted by molar-refractivity contribution is 4.78. The zero-order valence-electron chi connectivity index (χ0n) is 9.58. The van der Waals surface area contributed by atoms with Gasteiger partial charge in [-0.25, -0.2) is 0 Å². The maximum absolute atomic E-state index is 5.79. The SMILES string of the molecule is CC(C)(C)OCCOC1CCC(N)C1. The molecule has 0 aromatic rings. The number of nitrogens with two attached hydrogens (primary N) is 1. The van der Waals surface area contributed by atoms with Gasteiger partial charge in [-0.1, -0.05) is 0 Å². The van der Waals surface area contributed by atoms with Gasteiger partial charge in [-0.05, 0) is 40.0 Å². The Morgan fingerprint density at radius 2 is 1.93 bits per heavy atom. The van der Waals surface area contributed by atoms with Gasteiger partial charge in [0.25, 0.3) is 0 Å². The van der Waals surface area contributed by atoms with E-state index < -0.39 is 0 Å². The fourth-order valence-corrected chi connectivity index (χ4v) is 1.69. The summed E-state index contributed by atoms with van der Waals surface area (Å²) in [6.07, 6.45) is 3.59. The minimum atomic E-state index is -0.0601. The van der Waals surface area contributed by atoms with Crippen LogP contribution >= 0.6 is 0 Å². The summed E-state index contributed by atoms with van der Waals surface area (Å²) >= 11 is 0. The van der Waals surface area contributed by atoms with Crippen LogP contribution in [0.25, 0.3) is 0 Å². The summed E-state index contributed by atoms with van der Waals surface area (Å²) in [7, 11) is 0. The Labute approximate surface area is 86.9 Å². The predicted molar refractivity (Wildman–Crippen MR) is 57.3 cm³/mol. The van der Waals surface area contributed by atoms with Crippen molar-refractivity contribution in [2.45, 2.75) is 57.8 Å². The molecule has 1 aliphatic rings. The van der Waals surface area contributed by atoms with E-state index in [9.17, 15) is 0 Å². The van der Waals surface area contributed by atoms with Crippen LogP contribution in [0.15, 0.2) is 0 Å². The first-order valence-electron chi connectivity index (χ1n) is 5.48. The summed E-state index contributed by atoms with van der Waals surface area (Å²) in [5.41, 5.74) is 5.73. The zero-order valence-corrected chi connectivity index (χ0v) is 9.58. The molecular weight excluding hydrogens is 178 g/mol. The molecule has 0 radical (unpaired) electrons. The van der Waals surface area contributed by atoms with Crippen molar-refractivity contribution < 1.29 is 9.47 Å². The molecule has 1 fully saturated rings. The van der Waals surface area contributed by atoms with E-state index in [1.54, 1.807) is 0 Å². The van der Waals surface area contributed by atoms with Crippen LogP contribution < -0.4 is 5.73 Å². The molecule has 0 aromatic carbocycles. The van der Waals surface area contributed by atoms with Gasteiger partial charge in [-0.3, -0.25) is 0 Å². The van der Waals surface area contributed by atoms with Gasteiger partial charge in [0.15, 0.2) is 0 Å². The average Bonchev–Trinajstić information content (AvgIpc) is 2.44. The van der Waals surface area contributed by atoms with E-state index in [4.69, 9.17) is 15.2 Å². The summed E-state index contributed by atoms with van der Waals surface area (Å²) in [5.74, 6) is 0. The molecular formula is C11H23NO2. The van der Waals surface area contributed by atoms with Gasteiger partial charge < -0.3 is 15.2 Å². The standard InChI is InChI=1S/C11H23NO2/c1-11(2,3)14-7-6-13-10-5-4-9(12)8-10/h9-10H,4-8,12H2,1-3H3. The molecule has 2 atom stereocenters. The van der Waals surface area contributed by atoms with Crippen LogP contribution in [0.1, 0.15) is 40.0 Å². The maximum Gasteiger partial charge on any atom is 0.0707 e. The van der Waals surface area contributed by atoms with Crippen LogP contribution in [0.3, 0.4) is 0 Å². The molecule has 0 spiro atoms. The molecule has 3 heteroatoms. The third-order valence-electron chi connectivity index (χ3n) is 2.40. The van der Waals surface area contributed by atoms with Gasteiger partial charge in [0, 0.05) is 6.04 Å². The summed E-state index contributed by atoms with van der Waals surface area (Å²) in [6, 6.07) is 0.350. The van der Waals surface area contributed by atoms with Crippen LogP contribution in [0.5, 0.6) is 0 Å². The summed E-state index contributed by atoms with van der Waals surface area (Å²) < 4.78 is 11.2. The van der Waals surface area contributed by atoms with Crippen molar-refractivity contribution in [3.05, 3.63) is 0 Å². The first-order chi connectivity index (χ1) is 6.47. The fourth-order valence-electron chi connectivity index (χ4n) is 1.69. The first kappa shape index (κ1) is 12.0. The molecule has 3 nitrogen and oxygen atoms in total. The second kappa shape index (κ2) is 5.10. The van der Waals surface area contributed by atoms with Crippen molar-refractivity contribution in [3.63, 3.8) is 0 Å². The average molecular weight is 201 g/mol. The monoisotopic (exact) mass is 201 g/mol. The highest BCUT2D eigenvalue weighted by atomic mass is 16.5. The Balaban J connectivity index is 1.99. The molecule has 0 amide bonds. The van der Waals surface area contributed by atoms with Crippen molar-refractivity contribution >= 4 is 0 Å². The van der Waals surface area contributed by atoms with Crippen molar-refractivity contribution in [2.24, 2.45) is 5.73 Å². The van der Waals surface area contributed by atoms with Crippen molar-refractivity contribution in [2.75, 3.05) is 13.2 Å². The van der Waals surface area contributed by atoms with Crippen LogP contribution in [0.4, 0.5) is 0 Å². The summed E-state index contributed by atoms with van der Waals surface area (Å²) in [4.78, 5) is 0. The molecule has 2 N–H and O–H groups in total. The van der Waals surface area contributed by atoms with Gasteiger partial charge in [0.05, 0.1) is 24.9 Å². The second-order valence-electron chi connectivity index (χ2n) is 5.03. The normalized spacial score (nSPS) is 28.3. The molecule has 84 valence electrons. The summed E-state index contributed by atoms with van der Waals surface area (Å²) in [5, 5.41) is 0. The molecule has 0 bridgehead atoms. The Bertz CT molecular complexity index is 165. The third-order valence-corrected chi connectivity index (χ3v) is 2.40. The molecule has 0 aliphatic heterocycles. The molecule has 1 rings (SSSR count). The van der Waals surface area contributed by atoms with Gasteiger partial charge in [-0.15, -0.1) is 0 Å². The molecule has 0 saturated heterocycles. The Morgan fingerprint density at radius 3 is 2.43 bits per heavy atom. The Hall–Kier alpha value is -0.120. The third kappa shape index (κ3) is 4.94. The molecule has 2 unspecified atom stereocenters. The van der Waals surface area contributed by atoms with Crippen LogP contribution in [0, 0.1) is 0 Å². The molecule has 1 aliphatic carbocycles. The summed E-state index contributed by atoms with van der Waals surface area (Å²) in [6.45, 7) is 7.53. The van der Waals surface area contributed by atoms with Crippen molar-refractivity contribution in [3.8, 4) is 0 Å². The Morgan fingerprint density at radius 1 is 1.21 bits per heavy atom. The number of hydrogen-bond donors (Lipinski definition) is 1. The number of ether oxygens (including phenoxy) is 2. The Kier molecular flexibility index (Phi) is 4.35. The fraction of sp³-hybridized carbons (Fsp3) is 1.00. The van der Waals surface area contributed by atoms with Crippen molar-refractivity contribution in [1.82, 2.24) is 0 Å². The van der Waals surface area contributed by atoms with E-state index >= 15 is 0 Å². The molecule has 14 heavy (non-hydrogen) atoms. The van der Waals surface area contributed by atoms with E-state index in [1.807, 2.05) is 0 Å². The predicted octanol–water partition coefficient (Wildman–Crippen LogP) is 1.70. The largest absolute Gasteiger partial charge is 0.376 e. The zero-order chi connectivity index (χ0) is 10.6. The van der Waals surface area contributed by atoms with E-state index in [0.717, 1.165) is 19.3 Å². The van der Waals surface area contributed by atoms with Crippen LogP contribution in [-0.4, -0.2) is 31.0 Å². The maximum atomic E-state index is 5.79.